The van der Waals surface area contributed by atoms with Crippen LogP contribution in [0.1, 0.15) is 5.69 Å². The van der Waals surface area contributed by atoms with Gasteiger partial charge in [0.25, 0.3) is 0 Å². The van der Waals surface area contributed by atoms with Gasteiger partial charge in [0.1, 0.15) is 0 Å². The van der Waals surface area contributed by atoms with Crippen LogP contribution >= 0.6 is 0 Å². The van der Waals surface area contributed by atoms with Crippen molar-refractivity contribution in [1.82, 2.24) is 4.57 Å². The molecule has 0 saturated carbocycles. The van der Waals surface area contributed by atoms with E-state index in [0.29, 0.717) is 0 Å². The minimum atomic E-state index is -5.84. The van der Waals surface area contributed by atoms with E-state index in [1.165, 1.54) is 5.69 Å². The van der Waals surface area contributed by atoms with Crippen LogP contribution < -0.4 is 0 Å². The molecule has 0 aliphatic heterocycles. The number of halogens is 3. The fraction of sp³-hybridized carbons (Fsp3) is 0.429. The van der Waals surface area contributed by atoms with Crippen molar-refractivity contribution in [1.29, 1.82) is 0 Å². The highest BCUT2D eigenvalue weighted by atomic mass is 32.2. The number of aromatic nitrogens is 1. The van der Waals surface area contributed by atoms with Gasteiger partial charge in [-0.3, -0.25) is 4.55 Å². The lowest BCUT2D eigenvalue weighted by molar-refractivity contribution is -0.0510. The summed E-state index contributed by atoms with van der Waals surface area (Å²) in [6, 6.07) is 4.12. The standard InChI is InChI=1S/C6H9N.CHF3O3S/c1-6-4-3-5-7(6)2;2-1(3,4)8(5,6)7/h3-5H,1-2H3;(H,5,6,7). The molecule has 0 aliphatic rings. The predicted molar refractivity (Wildman–Crippen MR) is 47.8 cm³/mol. The molecule has 1 aromatic rings. The van der Waals surface area contributed by atoms with Crippen molar-refractivity contribution >= 4 is 10.1 Å². The fourth-order valence-corrected chi connectivity index (χ4v) is 0.547. The molecular formula is C7H10F3NO3S. The molecule has 0 atom stereocenters. The third kappa shape index (κ3) is 4.84. The molecule has 1 N–H and O–H groups in total. The van der Waals surface area contributed by atoms with Crippen LogP contribution in [-0.4, -0.2) is 23.0 Å². The maximum absolute atomic E-state index is 10.7. The smallest absolute Gasteiger partial charge is 0.355 e. The van der Waals surface area contributed by atoms with Crippen LogP contribution in [0.15, 0.2) is 18.3 Å². The van der Waals surface area contributed by atoms with Crippen molar-refractivity contribution in [3.05, 3.63) is 24.0 Å². The maximum atomic E-state index is 10.7. The molecule has 0 aliphatic carbocycles. The molecule has 0 spiro atoms. The van der Waals surface area contributed by atoms with Gasteiger partial charge < -0.3 is 4.57 Å². The third-order valence-corrected chi connectivity index (χ3v) is 2.08. The van der Waals surface area contributed by atoms with Crippen molar-refractivity contribution in [3.8, 4) is 0 Å². The van der Waals surface area contributed by atoms with Crippen molar-refractivity contribution in [2.45, 2.75) is 12.4 Å². The van der Waals surface area contributed by atoms with E-state index in [2.05, 4.69) is 17.6 Å². The van der Waals surface area contributed by atoms with Crippen molar-refractivity contribution in [2.75, 3.05) is 0 Å². The first-order valence-electron chi connectivity index (χ1n) is 3.67. The molecule has 0 radical (unpaired) electrons. The topological polar surface area (TPSA) is 59.3 Å². The molecule has 0 saturated heterocycles. The van der Waals surface area contributed by atoms with Gasteiger partial charge in [-0.15, -0.1) is 0 Å². The molecule has 4 nitrogen and oxygen atoms in total. The number of rotatable bonds is 0. The van der Waals surface area contributed by atoms with Gasteiger partial charge in [0.05, 0.1) is 0 Å². The molecule has 0 unspecified atom stereocenters. The Morgan fingerprint density at radius 2 is 1.80 bits per heavy atom. The zero-order valence-electron chi connectivity index (χ0n) is 7.99. The maximum Gasteiger partial charge on any atom is 0.522 e. The van der Waals surface area contributed by atoms with Gasteiger partial charge in [-0.05, 0) is 19.1 Å². The number of hydrogen-bond acceptors (Lipinski definition) is 2. The summed E-state index contributed by atoms with van der Waals surface area (Å²) in [6.45, 7) is 2.08. The number of hydrogen-bond donors (Lipinski definition) is 1. The van der Waals surface area contributed by atoms with E-state index in [4.69, 9.17) is 13.0 Å². The summed E-state index contributed by atoms with van der Waals surface area (Å²) in [7, 11) is -3.80. The minimum Gasteiger partial charge on any atom is -0.355 e. The molecular weight excluding hydrogens is 235 g/mol. The monoisotopic (exact) mass is 245 g/mol. The SMILES string of the molecule is Cc1cccn1C.O=S(=O)(O)C(F)(F)F. The third-order valence-electron chi connectivity index (χ3n) is 1.50. The highest BCUT2D eigenvalue weighted by molar-refractivity contribution is 7.86. The van der Waals surface area contributed by atoms with Crippen LogP contribution in [0.2, 0.25) is 0 Å². The molecule has 1 rings (SSSR count). The average molecular weight is 245 g/mol. The lowest BCUT2D eigenvalue weighted by Gasteiger charge is -1.97. The highest BCUT2D eigenvalue weighted by Gasteiger charge is 2.44. The van der Waals surface area contributed by atoms with E-state index < -0.39 is 15.6 Å². The van der Waals surface area contributed by atoms with Crippen LogP contribution in [0.4, 0.5) is 13.2 Å². The Hall–Kier alpha value is -1.02. The molecule has 0 amide bonds. The summed E-state index contributed by atoms with van der Waals surface area (Å²) in [4.78, 5) is 0. The van der Waals surface area contributed by atoms with Crippen LogP contribution in [0.25, 0.3) is 0 Å². The molecule has 8 heteroatoms. The van der Waals surface area contributed by atoms with Gasteiger partial charge >= 0.3 is 15.6 Å². The summed E-state index contributed by atoms with van der Waals surface area (Å²) in [5.74, 6) is 0. The first-order valence-corrected chi connectivity index (χ1v) is 5.11. The van der Waals surface area contributed by atoms with E-state index in [1.807, 2.05) is 19.3 Å². The zero-order chi connectivity index (χ0) is 12.3. The number of nitrogens with zero attached hydrogens (tertiary/aromatic N) is 1. The first-order chi connectivity index (χ1) is 6.55. The summed E-state index contributed by atoms with van der Waals surface area (Å²) in [5, 5.41) is 0. The fourth-order valence-electron chi connectivity index (χ4n) is 0.547. The van der Waals surface area contributed by atoms with Crippen molar-refractivity contribution in [3.63, 3.8) is 0 Å². The van der Waals surface area contributed by atoms with E-state index in [0.717, 1.165) is 0 Å². The van der Waals surface area contributed by atoms with Gasteiger partial charge in [0, 0.05) is 18.9 Å². The quantitative estimate of drug-likeness (QED) is 0.559. The number of alkyl halides is 3. The Bertz CT molecular complexity index is 391. The van der Waals surface area contributed by atoms with E-state index >= 15 is 0 Å². The summed E-state index contributed by atoms with van der Waals surface area (Å²) < 4.78 is 59.6. The van der Waals surface area contributed by atoms with Crippen molar-refractivity contribution in [2.24, 2.45) is 7.05 Å². The van der Waals surface area contributed by atoms with Crippen LogP contribution in [0.5, 0.6) is 0 Å². The molecule has 1 heterocycles. The molecule has 0 bridgehead atoms. The van der Waals surface area contributed by atoms with Crippen LogP contribution in [0.3, 0.4) is 0 Å². The van der Waals surface area contributed by atoms with Crippen LogP contribution in [0, 0.1) is 6.92 Å². The molecule has 0 aromatic carbocycles. The average Bonchev–Trinajstić information content (AvgIpc) is 2.33. The Labute approximate surface area is 85.1 Å². The second-order valence-electron chi connectivity index (χ2n) is 2.68. The molecule has 1 aromatic heterocycles. The Balaban J connectivity index is 0.000000262. The van der Waals surface area contributed by atoms with Gasteiger partial charge in [-0.25, -0.2) is 0 Å². The Morgan fingerprint density at radius 3 is 1.87 bits per heavy atom. The largest absolute Gasteiger partial charge is 0.522 e. The van der Waals surface area contributed by atoms with Crippen molar-refractivity contribution < 1.29 is 26.1 Å². The van der Waals surface area contributed by atoms with E-state index in [-0.39, 0.29) is 0 Å². The van der Waals surface area contributed by atoms with Crippen LogP contribution in [-0.2, 0) is 17.2 Å². The minimum absolute atomic E-state index is 1.31. The summed E-state index contributed by atoms with van der Waals surface area (Å²) >= 11 is 0. The highest BCUT2D eigenvalue weighted by Crippen LogP contribution is 2.20. The van der Waals surface area contributed by atoms with Gasteiger partial charge in [-0.2, -0.15) is 21.6 Å². The number of aryl methyl sites for hydroxylation is 2. The lowest BCUT2D eigenvalue weighted by Crippen LogP contribution is -2.21. The summed E-state index contributed by atoms with van der Waals surface area (Å²) in [5.41, 5.74) is -4.23. The molecule has 15 heavy (non-hydrogen) atoms. The lowest BCUT2D eigenvalue weighted by atomic mass is 10.5. The normalized spacial score (nSPS) is 11.9. The van der Waals surface area contributed by atoms with Gasteiger partial charge in [0.2, 0.25) is 0 Å². The Morgan fingerprint density at radius 1 is 1.40 bits per heavy atom. The first kappa shape index (κ1) is 14.0. The second-order valence-corrected chi connectivity index (χ2v) is 4.09. The summed E-state index contributed by atoms with van der Waals surface area (Å²) in [6.07, 6.45) is 2.04. The second kappa shape index (κ2) is 4.67. The van der Waals surface area contributed by atoms with E-state index in [9.17, 15) is 13.2 Å². The molecule has 88 valence electrons. The van der Waals surface area contributed by atoms with E-state index in [1.54, 1.807) is 0 Å². The van der Waals surface area contributed by atoms with Gasteiger partial charge in [-0.1, -0.05) is 0 Å². The van der Waals surface area contributed by atoms with Gasteiger partial charge in [0.15, 0.2) is 0 Å². The zero-order valence-corrected chi connectivity index (χ0v) is 8.80. The molecule has 0 fully saturated rings. The Kier molecular flexibility index (Phi) is 4.35. The predicted octanol–water partition coefficient (Wildman–Crippen LogP) is 1.73.